The molecule has 32 heavy (non-hydrogen) atoms. The molecule has 0 aromatic heterocycles. The van der Waals surface area contributed by atoms with Crippen molar-refractivity contribution in [1.29, 1.82) is 0 Å². The van der Waals surface area contributed by atoms with Crippen LogP contribution in [0.2, 0.25) is 5.02 Å². The molecule has 0 amide bonds. The van der Waals surface area contributed by atoms with E-state index in [2.05, 4.69) is 9.89 Å². The normalized spacial score (nSPS) is 11.8. The minimum atomic E-state index is -4.58. The highest BCUT2D eigenvalue weighted by Gasteiger charge is 2.31. The number of hydrogen-bond acceptors (Lipinski definition) is 8. The van der Waals surface area contributed by atoms with E-state index in [1.807, 2.05) is 0 Å². The molecular weight excluding hydrogens is 461 g/mol. The summed E-state index contributed by atoms with van der Waals surface area (Å²) < 4.78 is 53.5. The lowest BCUT2D eigenvalue weighted by Crippen LogP contribution is -2.13. The zero-order valence-electron chi connectivity index (χ0n) is 16.6. The van der Waals surface area contributed by atoms with E-state index in [1.54, 1.807) is 0 Å². The Balaban J connectivity index is 2.39. The van der Waals surface area contributed by atoms with E-state index in [0.717, 1.165) is 25.1 Å². The highest BCUT2D eigenvalue weighted by atomic mass is 35.5. The zero-order valence-corrected chi connectivity index (χ0v) is 17.4. The highest BCUT2D eigenvalue weighted by Crippen LogP contribution is 2.37. The lowest BCUT2D eigenvalue weighted by Gasteiger charge is -2.12. The molecule has 2 aromatic rings. The number of nitro groups is 1. The number of esters is 1. The van der Waals surface area contributed by atoms with Crippen LogP contribution in [0.4, 0.5) is 18.9 Å². The van der Waals surface area contributed by atoms with E-state index in [9.17, 15) is 28.1 Å². The van der Waals surface area contributed by atoms with Gasteiger partial charge in [0, 0.05) is 20.1 Å². The van der Waals surface area contributed by atoms with Crippen LogP contribution in [0, 0.1) is 10.1 Å². The Hall–Kier alpha value is -3.38. The second-order valence-corrected chi connectivity index (χ2v) is 6.44. The molecular formula is C19H16ClF3N2O7. The first-order chi connectivity index (χ1) is 15.0. The average Bonchev–Trinajstić information content (AvgIpc) is 2.70. The number of halogens is 4. The van der Waals surface area contributed by atoms with Crippen molar-refractivity contribution in [3.8, 4) is 11.5 Å². The average molecular weight is 477 g/mol. The second-order valence-electron chi connectivity index (χ2n) is 6.03. The molecule has 0 N–H and O–H groups in total. The van der Waals surface area contributed by atoms with Gasteiger partial charge in [-0.05, 0) is 30.3 Å². The number of benzene rings is 2. The van der Waals surface area contributed by atoms with Gasteiger partial charge < -0.3 is 19.0 Å². The third-order valence-corrected chi connectivity index (χ3v) is 4.03. The van der Waals surface area contributed by atoms with E-state index in [-0.39, 0.29) is 40.1 Å². The molecule has 0 saturated carbocycles. The number of nitro benzene ring substituents is 1. The van der Waals surface area contributed by atoms with Crippen molar-refractivity contribution in [2.45, 2.75) is 13.1 Å². The van der Waals surface area contributed by atoms with E-state index in [1.165, 1.54) is 19.2 Å². The molecule has 172 valence electrons. The number of ether oxygens (including phenoxy) is 3. The maximum absolute atomic E-state index is 12.8. The van der Waals surface area contributed by atoms with E-state index >= 15 is 0 Å². The van der Waals surface area contributed by atoms with Crippen LogP contribution in [0.15, 0.2) is 41.6 Å². The van der Waals surface area contributed by atoms with Crippen LogP contribution in [0.25, 0.3) is 0 Å². The van der Waals surface area contributed by atoms with Crippen LogP contribution in [0.5, 0.6) is 11.5 Å². The number of methoxy groups -OCH3 is 1. The predicted molar refractivity (Wildman–Crippen MR) is 106 cm³/mol. The van der Waals surface area contributed by atoms with Gasteiger partial charge in [0.2, 0.25) is 0 Å². The molecule has 0 saturated heterocycles. The summed E-state index contributed by atoms with van der Waals surface area (Å²) >= 11 is 5.89. The number of oxime groups is 1. The molecule has 0 radical (unpaired) electrons. The monoisotopic (exact) mass is 476 g/mol. The Morgan fingerprint density at radius 3 is 2.50 bits per heavy atom. The van der Waals surface area contributed by atoms with E-state index in [0.29, 0.717) is 6.07 Å². The van der Waals surface area contributed by atoms with Gasteiger partial charge in [-0.3, -0.25) is 14.9 Å². The van der Waals surface area contributed by atoms with Crippen LogP contribution in [-0.4, -0.2) is 37.1 Å². The van der Waals surface area contributed by atoms with Crippen LogP contribution in [-0.2, 0) is 25.3 Å². The largest absolute Gasteiger partial charge is 0.456 e. The molecule has 0 spiro atoms. The smallest absolute Gasteiger partial charge is 0.416 e. The number of carbonyl (C=O) groups is 1. The first-order valence-corrected chi connectivity index (χ1v) is 9.05. The Kier molecular flexibility index (Phi) is 8.38. The first kappa shape index (κ1) is 24.9. The van der Waals surface area contributed by atoms with Crippen LogP contribution >= 0.6 is 11.6 Å². The van der Waals surface area contributed by atoms with E-state index < -0.39 is 29.4 Å². The van der Waals surface area contributed by atoms with Gasteiger partial charge in [0.25, 0.3) is 12.5 Å². The second kappa shape index (κ2) is 10.8. The molecule has 0 fully saturated rings. The van der Waals surface area contributed by atoms with Crippen molar-refractivity contribution in [3.63, 3.8) is 0 Å². The summed E-state index contributed by atoms with van der Waals surface area (Å²) in [4.78, 5) is 26.4. The third kappa shape index (κ3) is 6.82. The Morgan fingerprint density at radius 1 is 1.22 bits per heavy atom. The molecule has 0 aliphatic heterocycles. The molecule has 0 aliphatic rings. The quantitative estimate of drug-likeness (QED) is 0.126. The summed E-state index contributed by atoms with van der Waals surface area (Å²) in [6.07, 6.45) is -4.58. The highest BCUT2D eigenvalue weighted by molar-refractivity contribution is 6.32. The number of carbonyl (C=O) groups excluding carboxylic acids is 1. The number of hydrogen-bond donors (Lipinski definition) is 0. The maximum atomic E-state index is 12.8. The van der Waals surface area contributed by atoms with Gasteiger partial charge in [-0.2, -0.15) is 13.2 Å². The van der Waals surface area contributed by atoms with Gasteiger partial charge in [0.05, 0.1) is 27.7 Å². The Labute approximate surface area is 184 Å². The summed E-state index contributed by atoms with van der Waals surface area (Å²) in [5.41, 5.74) is -1.42. The lowest BCUT2D eigenvalue weighted by molar-refractivity contribution is -0.385. The molecule has 13 heteroatoms. The maximum Gasteiger partial charge on any atom is 0.416 e. The Morgan fingerprint density at radius 2 is 1.94 bits per heavy atom. The van der Waals surface area contributed by atoms with Gasteiger partial charge in [-0.1, -0.05) is 16.8 Å². The number of rotatable bonds is 9. The van der Waals surface area contributed by atoms with Crippen LogP contribution < -0.4 is 4.74 Å². The number of nitrogens with zero attached hydrogens (tertiary/aromatic N) is 2. The minimum absolute atomic E-state index is 0.0241. The van der Waals surface area contributed by atoms with Crippen LogP contribution in [0.3, 0.4) is 0 Å². The van der Waals surface area contributed by atoms with Gasteiger partial charge in [0.15, 0.2) is 0 Å². The van der Waals surface area contributed by atoms with Crippen molar-refractivity contribution >= 4 is 29.0 Å². The fourth-order valence-electron chi connectivity index (χ4n) is 2.36. The summed E-state index contributed by atoms with van der Waals surface area (Å²) in [6, 6.07) is 6.08. The molecule has 0 aliphatic carbocycles. The molecule has 0 heterocycles. The predicted octanol–water partition coefficient (Wildman–Crippen LogP) is 4.95. The minimum Gasteiger partial charge on any atom is -0.456 e. The lowest BCUT2D eigenvalue weighted by atomic mass is 10.1. The van der Waals surface area contributed by atoms with Crippen molar-refractivity contribution < 1.29 is 41.9 Å². The SMILES string of the molecule is COCC(=NOCOC(C)=O)c1cc(Oc2ccc(C(F)(F)F)cc2Cl)ccc1[N+](=O)[O-]. The topological polar surface area (TPSA) is 109 Å². The standard InChI is InChI=1S/C19H16ClF3N2O7/c1-11(26)30-10-31-24-16(9-29-2)14-8-13(4-5-17(14)25(27)28)32-18-6-3-12(7-15(18)20)19(21,22)23/h3-8H,9-10H2,1-2H3. The van der Waals surface area contributed by atoms with Crippen molar-refractivity contribution in [2.24, 2.45) is 5.16 Å². The number of alkyl halides is 3. The van der Waals surface area contributed by atoms with Gasteiger partial charge in [-0.25, -0.2) is 0 Å². The third-order valence-electron chi connectivity index (χ3n) is 3.73. The molecule has 2 rings (SSSR count). The molecule has 0 unspecified atom stereocenters. The van der Waals surface area contributed by atoms with Crippen molar-refractivity contribution in [2.75, 3.05) is 20.5 Å². The molecule has 0 atom stereocenters. The first-order valence-electron chi connectivity index (χ1n) is 8.67. The fraction of sp³-hybridized carbons (Fsp3) is 0.263. The van der Waals surface area contributed by atoms with Gasteiger partial charge in [-0.15, -0.1) is 0 Å². The summed E-state index contributed by atoms with van der Waals surface area (Å²) in [7, 11) is 1.32. The van der Waals surface area contributed by atoms with Crippen LogP contribution in [0.1, 0.15) is 18.1 Å². The van der Waals surface area contributed by atoms with E-state index in [4.69, 9.17) is 25.9 Å². The molecule has 2 aromatic carbocycles. The Bertz CT molecular complexity index is 1030. The molecule has 0 bridgehead atoms. The summed E-state index contributed by atoms with van der Waals surface area (Å²) in [6.45, 7) is 0.403. The van der Waals surface area contributed by atoms with Crippen molar-refractivity contribution in [3.05, 3.63) is 62.7 Å². The van der Waals surface area contributed by atoms with Gasteiger partial charge in [0.1, 0.15) is 17.2 Å². The molecule has 9 nitrogen and oxygen atoms in total. The van der Waals surface area contributed by atoms with Crippen molar-refractivity contribution in [1.82, 2.24) is 0 Å². The zero-order chi connectivity index (χ0) is 23.9. The summed E-state index contributed by atoms with van der Waals surface area (Å²) in [5.74, 6) is -0.699. The fourth-order valence-corrected chi connectivity index (χ4v) is 2.58. The summed E-state index contributed by atoms with van der Waals surface area (Å²) in [5, 5.41) is 14.8. The van der Waals surface area contributed by atoms with Gasteiger partial charge >= 0.3 is 12.1 Å².